The Kier molecular flexibility index (Phi) is 3.47. The van der Waals surface area contributed by atoms with Crippen LogP contribution in [0, 0.1) is 0 Å². The van der Waals surface area contributed by atoms with Gasteiger partial charge in [0.25, 0.3) is 0 Å². The van der Waals surface area contributed by atoms with Crippen molar-refractivity contribution in [3.05, 3.63) is 16.5 Å². The van der Waals surface area contributed by atoms with E-state index in [0.29, 0.717) is 15.3 Å². The van der Waals surface area contributed by atoms with E-state index in [1.165, 1.54) is 11.3 Å². The summed E-state index contributed by atoms with van der Waals surface area (Å²) in [7, 11) is 0. The number of nitrogens with one attached hydrogen (secondary N) is 1. The van der Waals surface area contributed by atoms with Gasteiger partial charge < -0.3 is 5.11 Å². The lowest BCUT2D eigenvalue weighted by Crippen LogP contribution is -1.97. The number of rotatable bonds is 4. The van der Waals surface area contributed by atoms with Gasteiger partial charge in [-0.25, -0.2) is 4.98 Å². The number of thioether (sulfide) groups is 1. The molecule has 84 valence electrons. The summed E-state index contributed by atoms with van der Waals surface area (Å²) in [6.07, 6.45) is 0. The van der Waals surface area contributed by atoms with Crippen molar-refractivity contribution < 1.29 is 9.90 Å². The van der Waals surface area contributed by atoms with Crippen molar-refractivity contribution in [2.24, 2.45) is 0 Å². The first-order valence-electron chi connectivity index (χ1n) is 4.18. The third-order valence-corrected chi connectivity index (χ3v) is 3.67. The van der Waals surface area contributed by atoms with Crippen LogP contribution in [0.25, 0.3) is 10.7 Å². The van der Waals surface area contributed by atoms with Crippen LogP contribution in [0.2, 0.25) is 4.34 Å². The fraction of sp³-hybridized carbons (Fsp3) is 0.125. The Balaban J connectivity index is 2.10. The number of hydrogen-bond donors (Lipinski definition) is 2. The number of thiophene rings is 1. The number of nitrogens with zero attached hydrogens (tertiary/aromatic N) is 2. The van der Waals surface area contributed by atoms with Gasteiger partial charge in [-0.15, -0.1) is 16.4 Å². The summed E-state index contributed by atoms with van der Waals surface area (Å²) in [6, 6.07) is 3.60. The van der Waals surface area contributed by atoms with Crippen molar-refractivity contribution in [1.82, 2.24) is 15.2 Å². The van der Waals surface area contributed by atoms with Crippen LogP contribution < -0.4 is 0 Å². The van der Waals surface area contributed by atoms with E-state index in [2.05, 4.69) is 15.2 Å². The number of aliphatic carboxylic acids is 1. The molecule has 0 amide bonds. The lowest BCUT2D eigenvalue weighted by Gasteiger charge is -1.88. The Morgan fingerprint density at radius 2 is 2.44 bits per heavy atom. The second-order valence-electron chi connectivity index (χ2n) is 2.75. The normalized spacial score (nSPS) is 10.6. The molecule has 0 aliphatic rings. The molecule has 0 aromatic carbocycles. The SMILES string of the molecule is O=C(O)CSc1n[nH]c(-c2ccc(Cl)s2)n1. The maximum absolute atomic E-state index is 10.4. The van der Waals surface area contributed by atoms with Gasteiger partial charge in [0.2, 0.25) is 5.16 Å². The third kappa shape index (κ3) is 2.75. The molecular weight excluding hydrogens is 270 g/mol. The number of hydrogen-bond acceptors (Lipinski definition) is 5. The molecule has 5 nitrogen and oxygen atoms in total. The summed E-state index contributed by atoms with van der Waals surface area (Å²) in [6.45, 7) is 0. The van der Waals surface area contributed by atoms with Crippen LogP contribution in [-0.4, -0.2) is 32.0 Å². The predicted octanol–water partition coefficient (Wildman–Crippen LogP) is 2.36. The van der Waals surface area contributed by atoms with E-state index in [0.717, 1.165) is 16.6 Å². The highest BCUT2D eigenvalue weighted by Gasteiger charge is 2.09. The third-order valence-electron chi connectivity index (χ3n) is 1.60. The fourth-order valence-electron chi connectivity index (χ4n) is 0.989. The summed E-state index contributed by atoms with van der Waals surface area (Å²) in [5.41, 5.74) is 0. The van der Waals surface area contributed by atoms with Crippen LogP contribution in [0.4, 0.5) is 0 Å². The first-order chi connectivity index (χ1) is 7.65. The van der Waals surface area contributed by atoms with Crippen LogP contribution in [0.15, 0.2) is 17.3 Å². The van der Waals surface area contributed by atoms with Crippen LogP contribution >= 0.6 is 34.7 Å². The van der Waals surface area contributed by atoms with Gasteiger partial charge in [0.1, 0.15) is 0 Å². The first kappa shape index (κ1) is 11.4. The monoisotopic (exact) mass is 275 g/mol. The zero-order chi connectivity index (χ0) is 11.5. The molecule has 2 aromatic rings. The summed E-state index contributed by atoms with van der Waals surface area (Å²) >= 11 is 8.25. The van der Waals surface area contributed by atoms with Crippen LogP contribution in [0.3, 0.4) is 0 Å². The molecule has 0 unspecified atom stereocenters. The Morgan fingerprint density at radius 3 is 3.06 bits per heavy atom. The van der Waals surface area contributed by atoms with Gasteiger partial charge in [0.05, 0.1) is 15.0 Å². The van der Waals surface area contributed by atoms with Gasteiger partial charge in [-0.05, 0) is 12.1 Å². The van der Waals surface area contributed by atoms with Gasteiger partial charge in [-0.2, -0.15) is 0 Å². The highest BCUT2D eigenvalue weighted by atomic mass is 35.5. The van der Waals surface area contributed by atoms with Crippen molar-refractivity contribution >= 4 is 40.7 Å². The summed E-state index contributed by atoms with van der Waals surface area (Å²) in [5.74, 6) is -0.344. The van der Waals surface area contributed by atoms with E-state index >= 15 is 0 Å². The molecular formula is C8H6ClN3O2S2. The minimum Gasteiger partial charge on any atom is -0.481 e. The molecule has 0 bridgehead atoms. The Hall–Kier alpha value is -1.05. The van der Waals surface area contributed by atoms with Crippen molar-refractivity contribution in [2.75, 3.05) is 5.75 Å². The van der Waals surface area contributed by atoms with Gasteiger partial charge in [-0.1, -0.05) is 23.4 Å². The minimum atomic E-state index is -0.893. The van der Waals surface area contributed by atoms with Crippen LogP contribution in [0.1, 0.15) is 0 Å². The molecule has 2 N–H and O–H groups in total. The number of aromatic nitrogens is 3. The topological polar surface area (TPSA) is 78.9 Å². The quantitative estimate of drug-likeness (QED) is 0.838. The molecule has 8 heteroatoms. The van der Waals surface area contributed by atoms with Crippen LogP contribution in [-0.2, 0) is 4.79 Å². The first-order valence-corrected chi connectivity index (χ1v) is 6.36. The van der Waals surface area contributed by atoms with E-state index in [4.69, 9.17) is 16.7 Å². The Morgan fingerprint density at radius 1 is 1.62 bits per heavy atom. The molecule has 0 aliphatic carbocycles. The molecule has 0 fully saturated rings. The van der Waals surface area contributed by atoms with Gasteiger partial charge >= 0.3 is 5.97 Å². The van der Waals surface area contributed by atoms with Crippen molar-refractivity contribution in [3.63, 3.8) is 0 Å². The zero-order valence-electron chi connectivity index (χ0n) is 7.81. The molecule has 2 rings (SSSR count). The molecule has 0 saturated carbocycles. The molecule has 0 atom stereocenters. The molecule has 0 radical (unpaired) electrons. The van der Waals surface area contributed by atoms with E-state index < -0.39 is 5.97 Å². The molecule has 2 heterocycles. The summed E-state index contributed by atoms with van der Waals surface area (Å²) in [4.78, 5) is 15.4. The maximum Gasteiger partial charge on any atom is 0.313 e. The van der Waals surface area contributed by atoms with Gasteiger partial charge in [0.15, 0.2) is 5.82 Å². The highest BCUT2D eigenvalue weighted by molar-refractivity contribution is 7.99. The fourth-order valence-corrected chi connectivity index (χ4v) is 2.49. The smallest absolute Gasteiger partial charge is 0.313 e. The highest BCUT2D eigenvalue weighted by Crippen LogP contribution is 2.29. The molecule has 0 aliphatic heterocycles. The average Bonchev–Trinajstić information content (AvgIpc) is 2.83. The summed E-state index contributed by atoms with van der Waals surface area (Å²) in [5, 5.41) is 15.6. The van der Waals surface area contributed by atoms with E-state index in [9.17, 15) is 4.79 Å². The Bertz CT molecular complexity index is 511. The lowest BCUT2D eigenvalue weighted by atomic mass is 10.4. The number of H-pyrrole nitrogens is 1. The molecule has 0 saturated heterocycles. The minimum absolute atomic E-state index is 0.0531. The number of halogens is 1. The van der Waals surface area contributed by atoms with Crippen LogP contribution in [0.5, 0.6) is 0 Å². The van der Waals surface area contributed by atoms with Gasteiger partial charge in [0, 0.05) is 0 Å². The number of aromatic amines is 1. The van der Waals surface area contributed by atoms with Crippen molar-refractivity contribution in [1.29, 1.82) is 0 Å². The van der Waals surface area contributed by atoms with Gasteiger partial charge in [-0.3, -0.25) is 9.89 Å². The number of carboxylic acids is 1. The van der Waals surface area contributed by atoms with E-state index in [1.54, 1.807) is 6.07 Å². The maximum atomic E-state index is 10.4. The standard InChI is InChI=1S/C8H6ClN3O2S2/c9-5-2-1-4(16-5)7-10-8(12-11-7)15-3-6(13)14/h1-2H,3H2,(H,13,14)(H,10,11,12). The predicted molar refractivity (Wildman–Crippen MR) is 63.1 cm³/mol. The largest absolute Gasteiger partial charge is 0.481 e. The molecule has 2 aromatic heterocycles. The number of carbonyl (C=O) groups is 1. The molecule has 0 spiro atoms. The van der Waals surface area contributed by atoms with E-state index in [1.807, 2.05) is 6.07 Å². The second kappa shape index (κ2) is 4.86. The lowest BCUT2D eigenvalue weighted by molar-refractivity contribution is -0.133. The summed E-state index contributed by atoms with van der Waals surface area (Å²) < 4.78 is 0.672. The van der Waals surface area contributed by atoms with Crippen molar-refractivity contribution in [3.8, 4) is 10.7 Å². The van der Waals surface area contributed by atoms with Crippen molar-refractivity contribution in [2.45, 2.75) is 5.16 Å². The second-order valence-corrected chi connectivity index (χ2v) is 5.41. The van der Waals surface area contributed by atoms with E-state index in [-0.39, 0.29) is 5.75 Å². The number of carboxylic acid groups (broad SMARTS) is 1. The zero-order valence-corrected chi connectivity index (χ0v) is 10.2. The molecule has 16 heavy (non-hydrogen) atoms. The Labute approximate surface area is 104 Å². The average molecular weight is 276 g/mol.